The van der Waals surface area contributed by atoms with Gasteiger partial charge in [-0.2, -0.15) is 0 Å². The summed E-state index contributed by atoms with van der Waals surface area (Å²) in [6, 6.07) is 4.76. The summed E-state index contributed by atoms with van der Waals surface area (Å²) in [6.45, 7) is 4.50. The molecular weight excluding hydrogens is 281 g/mol. The zero-order valence-electron chi connectivity index (χ0n) is 11.6. The van der Waals surface area contributed by atoms with Crippen LogP contribution in [0.5, 0.6) is 0 Å². The molecule has 0 spiro atoms. The summed E-state index contributed by atoms with van der Waals surface area (Å²) in [5, 5.41) is 0.477. The molecule has 5 heteroatoms. The molecule has 1 heterocycles. The Morgan fingerprint density at radius 2 is 2.15 bits per heavy atom. The van der Waals surface area contributed by atoms with Crippen molar-refractivity contribution in [1.82, 2.24) is 0 Å². The predicted molar refractivity (Wildman–Crippen MR) is 75.2 cm³/mol. The van der Waals surface area contributed by atoms with Gasteiger partial charge in [0, 0.05) is 12.8 Å². The van der Waals surface area contributed by atoms with E-state index < -0.39 is 0 Å². The number of nitrogens with one attached hydrogen (secondary N) is 1. The number of rotatable bonds is 4. The first-order chi connectivity index (χ1) is 9.61. The molecule has 0 atom stereocenters. The van der Waals surface area contributed by atoms with Crippen LogP contribution in [-0.4, -0.2) is 25.7 Å². The fraction of sp³-hybridized carbons (Fsp3) is 0.533. The first-order valence-corrected chi connectivity index (χ1v) is 7.42. The highest BCUT2D eigenvalue weighted by molar-refractivity contribution is 6.31. The van der Waals surface area contributed by atoms with E-state index >= 15 is 0 Å². The van der Waals surface area contributed by atoms with E-state index in [0.29, 0.717) is 23.7 Å². The van der Waals surface area contributed by atoms with Gasteiger partial charge in [0.2, 0.25) is 0 Å². The van der Waals surface area contributed by atoms with Crippen molar-refractivity contribution in [3.63, 3.8) is 0 Å². The topological polar surface area (TPSA) is 30.7 Å². The van der Waals surface area contributed by atoms with Gasteiger partial charge in [0.05, 0.1) is 36.2 Å². The lowest BCUT2D eigenvalue weighted by Gasteiger charge is -2.28. The smallest absolute Gasteiger partial charge is 0.309 e. The van der Waals surface area contributed by atoms with Crippen molar-refractivity contribution in [3.05, 3.63) is 34.6 Å². The minimum atomic E-state index is -0.252. The fourth-order valence-electron chi connectivity index (χ4n) is 2.65. The SMILES string of the molecule is CCOC(=O)C1CC[NH+](Cc2c(F)cccc2Cl)CC1. The monoisotopic (exact) mass is 300 g/mol. The van der Waals surface area contributed by atoms with E-state index in [9.17, 15) is 9.18 Å². The van der Waals surface area contributed by atoms with Crippen molar-refractivity contribution in [1.29, 1.82) is 0 Å². The maximum absolute atomic E-state index is 13.7. The van der Waals surface area contributed by atoms with Gasteiger partial charge in [-0.25, -0.2) is 4.39 Å². The Labute approximate surface area is 123 Å². The summed E-state index contributed by atoms with van der Waals surface area (Å²) in [6.07, 6.45) is 1.58. The Kier molecular flexibility index (Phi) is 5.38. The normalized spacial score (nSPS) is 22.6. The molecule has 0 amide bonds. The van der Waals surface area contributed by atoms with Gasteiger partial charge in [-0.05, 0) is 19.1 Å². The second-order valence-corrected chi connectivity index (χ2v) is 5.56. The number of likely N-dealkylation sites (tertiary alicyclic amines) is 1. The summed E-state index contributed by atoms with van der Waals surface area (Å²) >= 11 is 6.04. The third kappa shape index (κ3) is 3.70. The first kappa shape index (κ1) is 15.3. The summed E-state index contributed by atoms with van der Waals surface area (Å²) in [5.74, 6) is -0.359. The summed E-state index contributed by atoms with van der Waals surface area (Å²) in [4.78, 5) is 12.9. The van der Waals surface area contributed by atoms with Crippen LogP contribution in [0, 0.1) is 11.7 Å². The number of carbonyl (C=O) groups is 1. The van der Waals surface area contributed by atoms with E-state index in [1.165, 1.54) is 11.0 Å². The number of halogens is 2. The van der Waals surface area contributed by atoms with Crippen molar-refractivity contribution in [2.24, 2.45) is 5.92 Å². The quantitative estimate of drug-likeness (QED) is 0.860. The van der Waals surface area contributed by atoms with Crippen LogP contribution in [0.2, 0.25) is 5.02 Å². The number of quaternary nitrogens is 1. The molecule has 1 N–H and O–H groups in total. The molecule has 1 aliphatic heterocycles. The second-order valence-electron chi connectivity index (χ2n) is 5.15. The highest BCUT2D eigenvalue weighted by atomic mass is 35.5. The molecule has 2 rings (SSSR count). The lowest BCUT2D eigenvalue weighted by Crippen LogP contribution is -3.11. The Hall–Kier alpha value is -1.13. The fourth-order valence-corrected chi connectivity index (χ4v) is 2.88. The van der Waals surface area contributed by atoms with Gasteiger partial charge in [0.1, 0.15) is 12.4 Å². The lowest BCUT2D eigenvalue weighted by atomic mass is 9.96. The van der Waals surface area contributed by atoms with Gasteiger partial charge >= 0.3 is 5.97 Å². The van der Waals surface area contributed by atoms with E-state index in [1.54, 1.807) is 12.1 Å². The van der Waals surface area contributed by atoms with E-state index in [0.717, 1.165) is 25.9 Å². The number of benzene rings is 1. The van der Waals surface area contributed by atoms with Crippen molar-refractivity contribution in [2.45, 2.75) is 26.3 Å². The molecule has 1 aromatic carbocycles. The molecule has 1 aromatic rings. The molecule has 0 saturated carbocycles. The minimum absolute atomic E-state index is 0.00482. The Morgan fingerprint density at radius 1 is 1.45 bits per heavy atom. The van der Waals surface area contributed by atoms with Gasteiger partial charge in [-0.15, -0.1) is 0 Å². The molecule has 0 bridgehead atoms. The highest BCUT2D eigenvalue weighted by Crippen LogP contribution is 2.18. The van der Waals surface area contributed by atoms with E-state index in [4.69, 9.17) is 16.3 Å². The molecule has 20 heavy (non-hydrogen) atoms. The zero-order chi connectivity index (χ0) is 14.5. The number of carbonyl (C=O) groups excluding carboxylic acids is 1. The van der Waals surface area contributed by atoms with Crippen LogP contribution in [0.15, 0.2) is 18.2 Å². The Morgan fingerprint density at radius 3 is 2.75 bits per heavy atom. The molecule has 3 nitrogen and oxygen atoms in total. The van der Waals surface area contributed by atoms with Crippen LogP contribution in [0.1, 0.15) is 25.3 Å². The van der Waals surface area contributed by atoms with Crippen molar-refractivity contribution in [2.75, 3.05) is 19.7 Å². The van der Waals surface area contributed by atoms with Gasteiger partial charge in [0.15, 0.2) is 0 Å². The van der Waals surface area contributed by atoms with Crippen LogP contribution in [0.4, 0.5) is 4.39 Å². The van der Waals surface area contributed by atoms with Crippen molar-refractivity contribution < 1.29 is 18.8 Å². The lowest BCUT2D eigenvalue weighted by molar-refractivity contribution is -0.919. The number of ether oxygens (including phenoxy) is 1. The molecule has 0 unspecified atom stereocenters. The van der Waals surface area contributed by atoms with Crippen LogP contribution >= 0.6 is 11.6 Å². The highest BCUT2D eigenvalue weighted by Gasteiger charge is 2.29. The molecule has 1 saturated heterocycles. The summed E-state index contributed by atoms with van der Waals surface area (Å²) < 4.78 is 18.8. The molecular formula is C15H20ClFNO2+. The van der Waals surface area contributed by atoms with Crippen LogP contribution in [-0.2, 0) is 16.1 Å². The van der Waals surface area contributed by atoms with Gasteiger partial charge in [-0.3, -0.25) is 4.79 Å². The predicted octanol–water partition coefficient (Wildman–Crippen LogP) is 1.84. The first-order valence-electron chi connectivity index (χ1n) is 7.05. The van der Waals surface area contributed by atoms with Gasteiger partial charge in [0.25, 0.3) is 0 Å². The average Bonchev–Trinajstić information content (AvgIpc) is 2.44. The molecule has 110 valence electrons. The van der Waals surface area contributed by atoms with E-state index in [1.807, 2.05) is 6.92 Å². The Bertz CT molecular complexity index is 453. The van der Waals surface area contributed by atoms with E-state index in [-0.39, 0.29) is 17.7 Å². The molecule has 1 aliphatic rings. The molecule has 0 aromatic heterocycles. The van der Waals surface area contributed by atoms with Crippen molar-refractivity contribution >= 4 is 17.6 Å². The third-order valence-corrected chi connectivity index (χ3v) is 4.16. The van der Waals surface area contributed by atoms with Crippen molar-refractivity contribution in [3.8, 4) is 0 Å². The number of hydrogen-bond acceptors (Lipinski definition) is 2. The van der Waals surface area contributed by atoms with Crippen LogP contribution in [0.25, 0.3) is 0 Å². The standard InChI is InChI=1S/C15H19ClFNO2/c1-2-20-15(19)11-6-8-18(9-7-11)10-12-13(16)4-3-5-14(12)17/h3-5,11H,2,6-10H2,1H3/p+1. The average molecular weight is 301 g/mol. The zero-order valence-corrected chi connectivity index (χ0v) is 12.4. The third-order valence-electron chi connectivity index (χ3n) is 3.80. The largest absolute Gasteiger partial charge is 0.466 e. The van der Waals surface area contributed by atoms with E-state index in [2.05, 4.69) is 0 Å². The Balaban J connectivity index is 1.90. The molecule has 0 aliphatic carbocycles. The summed E-state index contributed by atoms with van der Waals surface area (Å²) in [5.41, 5.74) is 0.568. The van der Waals surface area contributed by atoms with Gasteiger partial charge in [-0.1, -0.05) is 17.7 Å². The van der Waals surface area contributed by atoms with Crippen LogP contribution in [0.3, 0.4) is 0 Å². The second kappa shape index (κ2) is 7.04. The minimum Gasteiger partial charge on any atom is -0.466 e. The maximum Gasteiger partial charge on any atom is 0.309 e. The van der Waals surface area contributed by atoms with Crippen LogP contribution < -0.4 is 4.90 Å². The molecule has 0 radical (unpaired) electrons. The van der Waals surface area contributed by atoms with Gasteiger partial charge < -0.3 is 9.64 Å². The maximum atomic E-state index is 13.7. The number of esters is 1. The number of hydrogen-bond donors (Lipinski definition) is 1. The summed E-state index contributed by atoms with van der Waals surface area (Å²) in [7, 11) is 0. The molecule has 1 fully saturated rings. The number of piperidine rings is 1.